The molecule has 0 fully saturated rings. The fourth-order valence-electron chi connectivity index (χ4n) is 1.69. The molecule has 0 radical (unpaired) electrons. The zero-order valence-corrected chi connectivity index (χ0v) is 10.4. The second-order valence-corrected chi connectivity index (χ2v) is 4.28. The van der Waals surface area contributed by atoms with Crippen molar-refractivity contribution in [1.82, 2.24) is 4.98 Å². The van der Waals surface area contributed by atoms with Crippen molar-refractivity contribution < 1.29 is 9.90 Å². The number of pyridine rings is 1. The number of hydrogen-bond acceptors (Lipinski definition) is 3. The predicted molar refractivity (Wildman–Crippen MR) is 71.7 cm³/mol. The molecule has 18 heavy (non-hydrogen) atoms. The summed E-state index contributed by atoms with van der Waals surface area (Å²) >= 11 is 6.06. The summed E-state index contributed by atoms with van der Waals surface area (Å²) in [6.07, 6.45) is 2.39. The molecule has 2 N–H and O–H groups in total. The van der Waals surface area contributed by atoms with Gasteiger partial charge in [-0.15, -0.1) is 0 Å². The van der Waals surface area contributed by atoms with Gasteiger partial charge in [0.1, 0.15) is 0 Å². The molecule has 1 aromatic heterocycles. The van der Waals surface area contributed by atoms with Crippen LogP contribution in [0, 0.1) is 0 Å². The maximum Gasteiger partial charge on any atom is 0.224 e. The number of nitrogens with zero attached hydrogens (tertiary/aromatic N) is 1. The fraction of sp³-hybridized carbons (Fsp3) is 0.231. The standard InChI is InChI=1S/C13H13ClN2O2/c14-10-5-6-11(16-12(18)4-2-8-17)13-9(10)3-1-7-15-13/h1,3,5-7,17H,2,4,8H2,(H,16,18). The lowest BCUT2D eigenvalue weighted by molar-refractivity contribution is -0.116. The first-order chi connectivity index (χ1) is 8.72. The van der Waals surface area contributed by atoms with Crippen molar-refractivity contribution in [3.8, 4) is 0 Å². The van der Waals surface area contributed by atoms with Crippen LogP contribution in [0.15, 0.2) is 30.5 Å². The number of carbonyl (C=O) groups is 1. The van der Waals surface area contributed by atoms with Gasteiger partial charge in [-0.1, -0.05) is 11.6 Å². The second-order valence-electron chi connectivity index (χ2n) is 3.87. The Labute approximate surface area is 110 Å². The van der Waals surface area contributed by atoms with Crippen LogP contribution < -0.4 is 5.32 Å². The van der Waals surface area contributed by atoms with E-state index in [1.165, 1.54) is 0 Å². The van der Waals surface area contributed by atoms with Crippen molar-refractivity contribution >= 4 is 34.1 Å². The van der Waals surface area contributed by atoms with Gasteiger partial charge in [0, 0.05) is 24.6 Å². The first-order valence-corrected chi connectivity index (χ1v) is 6.04. The Kier molecular flexibility index (Phi) is 4.12. The van der Waals surface area contributed by atoms with E-state index in [-0.39, 0.29) is 18.9 Å². The largest absolute Gasteiger partial charge is 0.396 e. The van der Waals surface area contributed by atoms with E-state index in [4.69, 9.17) is 16.7 Å². The Morgan fingerprint density at radius 2 is 2.22 bits per heavy atom. The van der Waals surface area contributed by atoms with Crippen molar-refractivity contribution in [2.45, 2.75) is 12.8 Å². The minimum atomic E-state index is -0.140. The van der Waals surface area contributed by atoms with Gasteiger partial charge in [0.25, 0.3) is 0 Å². The Morgan fingerprint density at radius 1 is 1.39 bits per heavy atom. The van der Waals surface area contributed by atoms with Crippen LogP contribution in [0.4, 0.5) is 5.69 Å². The highest BCUT2D eigenvalue weighted by Crippen LogP contribution is 2.27. The van der Waals surface area contributed by atoms with Crippen LogP contribution in [0.2, 0.25) is 5.02 Å². The van der Waals surface area contributed by atoms with Gasteiger partial charge in [-0.25, -0.2) is 0 Å². The number of aliphatic hydroxyl groups is 1. The van der Waals surface area contributed by atoms with Gasteiger partial charge < -0.3 is 10.4 Å². The lowest BCUT2D eigenvalue weighted by Crippen LogP contribution is -2.12. The van der Waals surface area contributed by atoms with Crippen molar-refractivity contribution in [1.29, 1.82) is 0 Å². The van der Waals surface area contributed by atoms with E-state index in [2.05, 4.69) is 10.3 Å². The Balaban J connectivity index is 2.29. The molecule has 1 amide bonds. The van der Waals surface area contributed by atoms with E-state index in [1.54, 1.807) is 24.4 Å². The summed E-state index contributed by atoms with van der Waals surface area (Å²) < 4.78 is 0. The molecule has 94 valence electrons. The first kappa shape index (κ1) is 12.8. The van der Waals surface area contributed by atoms with Crippen LogP contribution in [0.3, 0.4) is 0 Å². The van der Waals surface area contributed by atoms with E-state index in [9.17, 15) is 4.79 Å². The molecule has 0 aliphatic heterocycles. The van der Waals surface area contributed by atoms with Gasteiger partial charge in [-0.3, -0.25) is 9.78 Å². The molecule has 0 bridgehead atoms. The number of rotatable bonds is 4. The number of carbonyl (C=O) groups excluding carboxylic acids is 1. The highest BCUT2D eigenvalue weighted by atomic mass is 35.5. The van der Waals surface area contributed by atoms with Crippen LogP contribution in [0.1, 0.15) is 12.8 Å². The van der Waals surface area contributed by atoms with Crippen LogP contribution in [0.5, 0.6) is 0 Å². The average molecular weight is 265 g/mol. The summed E-state index contributed by atoms with van der Waals surface area (Å²) in [5.74, 6) is -0.140. The van der Waals surface area contributed by atoms with E-state index in [0.717, 1.165) is 5.39 Å². The Hall–Kier alpha value is -1.65. The van der Waals surface area contributed by atoms with Crippen molar-refractivity contribution in [2.24, 2.45) is 0 Å². The number of anilines is 1. The number of hydrogen-bond donors (Lipinski definition) is 2. The molecule has 0 aliphatic carbocycles. The van der Waals surface area contributed by atoms with Crippen molar-refractivity contribution in [3.63, 3.8) is 0 Å². The summed E-state index contributed by atoms with van der Waals surface area (Å²) in [6.45, 7) is 0.00698. The van der Waals surface area contributed by atoms with E-state index in [0.29, 0.717) is 22.6 Å². The third-order valence-corrected chi connectivity index (χ3v) is 2.88. The summed E-state index contributed by atoms with van der Waals surface area (Å²) in [4.78, 5) is 15.8. The van der Waals surface area contributed by atoms with Crippen molar-refractivity contribution in [3.05, 3.63) is 35.5 Å². The zero-order chi connectivity index (χ0) is 13.0. The monoisotopic (exact) mass is 264 g/mol. The van der Waals surface area contributed by atoms with Crippen LogP contribution in [-0.4, -0.2) is 22.6 Å². The lowest BCUT2D eigenvalue weighted by atomic mass is 10.2. The Bertz CT molecular complexity index is 572. The molecule has 2 aromatic rings. The molecular formula is C13H13ClN2O2. The molecule has 0 saturated carbocycles. The van der Waals surface area contributed by atoms with Crippen LogP contribution in [-0.2, 0) is 4.79 Å². The summed E-state index contributed by atoms with van der Waals surface area (Å²) in [6, 6.07) is 7.11. The smallest absolute Gasteiger partial charge is 0.224 e. The SMILES string of the molecule is O=C(CCCO)Nc1ccc(Cl)c2cccnc12. The molecular weight excluding hydrogens is 252 g/mol. The summed E-state index contributed by atoms with van der Waals surface area (Å²) in [7, 11) is 0. The number of aromatic nitrogens is 1. The first-order valence-electron chi connectivity index (χ1n) is 5.66. The maximum atomic E-state index is 11.6. The lowest BCUT2D eigenvalue weighted by Gasteiger charge is -2.08. The molecule has 0 unspecified atom stereocenters. The molecule has 0 aliphatic rings. The minimum Gasteiger partial charge on any atom is -0.396 e. The molecule has 0 spiro atoms. The quantitative estimate of drug-likeness (QED) is 0.892. The third-order valence-electron chi connectivity index (χ3n) is 2.55. The molecule has 4 nitrogen and oxygen atoms in total. The molecule has 0 saturated heterocycles. The fourth-order valence-corrected chi connectivity index (χ4v) is 1.91. The van der Waals surface area contributed by atoms with Gasteiger partial charge in [-0.2, -0.15) is 0 Å². The molecule has 1 heterocycles. The number of fused-ring (bicyclic) bond motifs is 1. The van der Waals surface area contributed by atoms with Gasteiger partial charge in [-0.05, 0) is 30.7 Å². The van der Waals surface area contributed by atoms with Gasteiger partial charge >= 0.3 is 0 Å². The number of aliphatic hydroxyl groups excluding tert-OH is 1. The third kappa shape index (κ3) is 2.78. The summed E-state index contributed by atoms with van der Waals surface area (Å²) in [5, 5.41) is 12.9. The van der Waals surface area contributed by atoms with Gasteiger partial charge in [0.2, 0.25) is 5.91 Å². The predicted octanol–water partition coefficient (Wildman–Crippen LogP) is 2.60. The number of nitrogens with one attached hydrogen (secondary N) is 1. The normalized spacial score (nSPS) is 10.6. The van der Waals surface area contributed by atoms with Crippen molar-refractivity contribution in [2.75, 3.05) is 11.9 Å². The van der Waals surface area contributed by atoms with E-state index >= 15 is 0 Å². The number of benzene rings is 1. The molecule has 1 aromatic carbocycles. The molecule has 0 atom stereocenters. The zero-order valence-electron chi connectivity index (χ0n) is 9.69. The highest BCUT2D eigenvalue weighted by Gasteiger charge is 2.08. The highest BCUT2D eigenvalue weighted by molar-refractivity contribution is 6.35. The Morgan fingerprint density at radius 3 is 3.00 bits per heavy atom. The average Bonchev–Trinajstić information content (AvgIpc) is 2.40. The van der Waals surface area contributed by atoms with Crippen LogP contribution >= 0.6 is 11.6 Å². The number of halogens is 1. The van der Waals surface area contributed by atoms with Gasteiger partial charge in [0.05, 0.1) is 16.2 Å². The summed E-state index contributed by atoms with van der Waals surface area (Å²) in [5.41, 5.74) is 1.31. The maximum absolute atomic E-state index is 11.6. The topological polar surface area (TPSA) is 62.2 Å². The number of amides is 1. The molecule has 2 rings (SSSR count). The second kappa shape index (κ2) is 5.80. The van der Waals surface area contributed by atoms with Gasteiger partial charge in [0.15, 0.2) is 0 Å². The van der Waals surface area contributed by atoms with E-state index < -0.39 is 0 Å². The van der Waals surface area contributed by atoms with Crippen LogP contribution in [0.25, 0.3) is 10.9 Å². The molecule has 5 heteroatoms. The van der Waals surface area contributed by atoms with E-state index in [1.807, 2.05) is 6.07 Å². The minimum absolute atomic E-state index is 0.00698.